The average Bonchev–Trinajstić information content (AvgIpc) is 3.06. The zero-order valence-corrected chi connectivity index (χ0v) is 18.0. The van der Waals surface area contributed by atoms with Crippen molar-refractivity contribution < 1.29 is 9.53 Å². The number of hydrogen-bond acceptors (Lipinski definition) is 3. The maximum absolute atomic E-state index is 11.9. The van der Waals surface area contributed by atoms with Gasteiger partial charge in [0.2, 0.25) is 0 Å². The summed E-state index contributed by atoms with van der Waals surface area (Å²) in [4.78, 5) is 14.4. The molecule has 0 bridgehead atoms. The number of benzene rings is 1. The standard InChI is InChI=1S/C24H35N3O2/c1-3-4-5-7-20-8-10-21(11-9-20)23-18-22(24(25)28)19(2)27(23)13-6-12-26-14-16-29-17-15-26/h8-11,18H,3-7,12-17H2,1-2H3,(H2,25,28). The van der Waals surface area contributed by atoms with Crippen molar-refractivity contribution in [2.75, 3.05) is 32.8 Å². The van der Waals surface area contributed by atoms with Gasteiger partial charge in [0.15, 0.2) is 0 Å². The summed E-state index contributed by atoms with van der Waals surface area (Å²) >= 11 is 0. The molecule has 158 valence electrons. The van der Waals surface area contributed by atoms with Crippen LogP contribution in [0.2, 0.25) is 0 Å². The lowest BCUT2D eigenvalue weighted by molar-refractivity contribution is 0.0369. The van der Waals surface area contributed by atoms with Crippen molar-refractivity contribution in [2.24, 2.45) is 5.73 Å². The lowest BCUT2D eigenvalue weighted by atomic mass is 10.0. The number of aromatic nitrogens is 1. The van der Waals surface area contributed by atoms with E-state index in [0.29, 0.717) is 5.56 Å². The summed E-state index contributed by atoms with van der Waals surface area (Å²) in [6.07, 6.45) is 5.91. The van der Waals surface area contributed by atoms with Crippen molar-refractivity contribution in [3.8, 4) is 11.3 Å². The van der Waals surface area contributed by atoms with Crippen LogP contribution in [0.4, 0.5) is 0 Å². The van der Waals surface area contributed by atoms with Crippen LogP contribution in [0.1, 0.15) is 54.2 Å². The predicted octanol–water partition coefficient (Wildman–Crippen LogP) is 4.02. The first-order valence-corrected chi connectivity index (χ1v) is 11.0. The van der Waals surface area contributed by atoms with Crippen molar-refractivity contribution in [3.63, 3.8) is 0 Å². The van der Waals surface area contributed by atoms with Crippen LogP contribution in [0.15, 0.2) is 30.3 Å². The second kappa shape index (κ2) is 10.6. The highest BCUT2D eigenvalue weighted by Crippen LogP contribution is 2.27. The van der Waals surface area contributed by atoms with Gasteiger partial charge in [-0.05, 0) is 43.4 Å². The monoisotopic (exact) mass is 397 g/mol. The van der Waals surface area contributed by atoms with Gasteiger partial charge in [-0.1, -0.05) is 44.0 Å². The smallest absolute Gasteiger partial charge is 0.250 e. The van der Waals surface area contributed by atoms with Gasteiger partial charge >= 0.3 is 0 Å². The Morgan fingerprint density at radius 2 is 1.79 bits per heavy atom. The summed E-state index contributed by atoms with van der Waals surface area (Å²) in [5.41, 5.74) is 10.8. The van der Waals surface area contributed by atoms with Gasteiger partial charge in [0, 0.05) is 37.6 Å². The van der Waals surface area contributed by atoms with Gasteiger partial charge in [0.25, 0.3) is 5.91 Å². The fourth-order valence-corrected chi connectivity index (χ4v) is 4.12. The Balaban J connectivity index is 1.74. The van der Waals surface area contributed by atoms with Gasteiger partial charge in [0.1, 0.15) is 0 Å². The average molecular weight is 398 g/mol. The number of ether oxygens (including phenoxy) is 1. The Morgan fingerprint density at radius 1 is 1.07 bits per heavy atom. The van der Waals surface area contributed by atoms with E-state index in [2.05, 4.69) is 40.7 Å². The third-order valence-corrected chi connectivity index (χ3v) is 5.91. The number of carbonyl (C=O) groups excluding carboxylic acids is 1. The Hall–Kier alpha value is -2.11. The summed E-state index contributed by atoms with van der Waals surface area (Å²) in [6.45, 7) is 9.81. The highest BCUT2D eigenvalue weighted by molar-refractivity contribution is 5.95. The number of nitrogens with two attached hydrogens (primary N) is 1. The first-order valence-electron chi connectivity index (χ1n) is 11.0. The van der Waals surface area contributed by atoms with Gasteiger partial charge in [0.05, 0.1) is 18.8 Å². The summed E-state index contributed by atoms with van der Waals surface area (Å²) in [5, 5.41) is 0. The van der Waals surface area contributed by atoms with E-state index < -0.39 is 0 Å². The van der Waals surface area contributed by atoms with Gasteiger partial charge in [-0.25, -0.2) is 0 Å². The van der Waals surface area contributed by atoms with Crippen molar-refractivity contribution in [2.45, 2.75) is 52.5 Å². The number of amides is 1. The Bertz CT molecular complexity index is 789. The number of hydrogen-bond donors (Lipinski definition) is 1. The molecule has 0 saturated carbocycles. The molecule has 0 radical (unpaired) electrons. The van der Waals surface area contributed by atoms with Gasteiger partial charge in [-0.2, -0.15) is 0 Å². The van der Waals surface area contributed by atoms with Crippen LogP contribution < -0.4 is 5.73 Å². The molecular formula is C24H35N3O2. The van der Waals surface area contributed by atoms with Crippen LogP contribution in [-0.2, 0) is 17.7 Å². The van der Waals surface area contributed by atoms with Crippen LogP contribution in [0.3, 0.4) is 0 Å². The zero-order valence-electron chi connectivity index (χ0n) is 18.0. The van der Waals surface area contributed by atoms with E-state index in [-0.39, 0.29) is 5.91 Å². The Labute approximate surface area is 174 Å². The molecule has 1 saturated heterocycles. The Kier molecular flexibility index (Phi) is 7.90. The second-order valence-corrected chi connectivity index (χ2v) is 8.01. The minimum atomic E-state index is -0.355. The van der Waals surface area contributed by atoms with Crippen molar-refractivity contribution in [1.29, 1.82) is 0 Å². The van der Waals surface area contributed by atoms with Crippen molar-refractivity contribution in [3.05, 3.63) is 47.2 Å². The summed E-state index contributed by atoms with van der Waals surface area (Å²) < 4.78 is 7.69. The summed E-state index contributed by atoms with van der Waals surface area (Å²) in [5.74, 6) is -0.355. The first-order chi connectivity index (χ1) is 14.1. The van der Waals surface area contributed by atoms with Crippen LogP contribution >= 0.6 is 0 Å². The molecule has 0 spiro atoms. The summed E-state index contributed by atoms with van der Waals surface area (Å²) in [7, 11) is 0. The van der Waals surface area contributed by atoms with Gasteiger partial charge < -0.3 is 15.0 Å². The van der Waals surface area contributed by atoms with E-state index in [4.69, 9.17) is 10.5 Å². The van der Waals surface area contributed by atoms with Crippen LogP contribution in [0.25, 0.3) is 11.3 Å². The molecule has 5 heteroatoms. The number of primary amides is 1. The number of nitrogens with zero attached hydrogens (tertiary/aromatic N) is 2. The molecule has 1 aromatic heterocycles. The predicted molar refractivity (Wildman–Crippen MR) is 118 cm³/mol. The molecule has 2 N–H and O–H groups in total. The highest BCUT2D eigenvalue weighted by Gasteiger charge is 2.17. The van der Waals surface area contributed by atoms with E-state index in [9.17, 15) is 4.79 Å². The van der Waals surface area contributed by atoms with Crippen LogP contribution in [-0.4, -0.2) is 48.2 Å². The lowest BCUT2D eigenvalue weighted by Crippen LogP contribution is -2.37. The molecule has 0 atom stereocenters. The molecule has 29 heavy (non-hydrogen) atoms. The minimum absolute atomic E-state index is 0.355. The fourth-order valence-electron chi connectivity index (χ4n) is 4.12. The van der Waals surface area contributed by atoms with Crippen LogP contribution in [0, 0.1) is 6.92 Å². The number of unbranched alkanes of at least 4 members (excludes halogenated alkanes) is 2. The van der Waals surface area contributed by atoms with E-state index in [0.717, 1.165) is 69.2 Å². The molecule has 1 aromatic carbocycles. The van der Waals surface area contributed by atoms with E-state index in [1.807, 2.05) is 13.0 Å². The van der Waals surface area contributed by atoms with E-state index in [1.165, 1.54) is 24.8 Å². The molecule has 1 fully saturated rings. The normalized spacial score (nSPS) is 15.0. The molecule has 1 aliphatic heterocycles. The number of carbonyl (C=O) groups is 1. The SMILES string of the molecule is CCCCCc1ccc(-c2cc(C(N)=O)c(C)n2CCCN2CCOCC2)cc1. The first kappa shape index (κ1) is 21.6. The number of aryl methyl sites for hydroxylation is 1. The molecule has 1 amide bonds. The molecular weight excluding hydrogens is 362 g/mol. The molecule has 5 nitrogen and oxygen atoms in total. The van der Waals surface area contributed by atoms with Gasteiger partial charge in [-0.3, -0.25) is 9.69 Å². The maximum atomic E-state index is 11.9. The van der Waals surface area contributed by atoms with E-state index in [1.54, 1.807) is 0 Å². The second-order valence-electron chi connectivity index (χ2n) is 8.01. The highest BCUT2D eigenvalue weighted by atomic mass is 16.5. The zero-order chi connectivity index (χ0) is 20.6. The third kappa shape index (κ3) is 5.71. The van der Waals surface area contributed by atoms with Crippen molar-refractivity contribution in [1.82, 2.24) is 9.47 Å². The molecule has 3 rings (SSSR count). The summed E-state index contributed by atoms with van der Waals surface area (Å²) in [6, 6.07) is 10.8. The van der Waals surface area contributed by atoms with E-state index >= 15 is 0 Å². The van der Waals surface area contributed by atoms with Crippen molar-refractivity contribution >= 4 is 5.91 Å². The molecule has 2 heterocycles. The number of morpholine rings is 1. The van der Waals surface area contributed by atoms with Gasteiger partial charge in [-0.15, -0.1) is 0 Å². The molecule has 0 aliphatic carbocycles. The lowest BCUT2D eigenvalue weighted by Gasteiger charge is -2.26. The maximum Gasteiger partial charge on any atom is 0.250 e. The third-order valence-electron chi connectivity index (χ3n) is 5.91. The van der Waals surface area contributed by atoms with Crippen LogP contribution in [0.5, 0.6) is 0 Å². The topological polar surface area (TPSA) is 60.5 Å². The number of rotatable bonds is 10. The molecule has 2 aromatic rings. The fraction of sp³-hybridized carbons (Fsp3) is 0.542. The molecule has 0 unspecified atom stereocenters. The quantitative estimate of drug-likeness (QED) is 0.616. The largest absolute Gasteiger partial charge is 0.379 e. The Morgan fingerprint density at radius 3 is 2.45 bits per heavy atom. The minimum Gasteiger partial charge on any atom is -0.379 e. The molecule has 1 aliphatic rings.